The molecule has 9 heteroatoms. The zero-order chi connectivity index (χ0) is 18.4. The number of hydrogen-bond donors (Lipinski definition) is 3. The standard InChI is InChI=1S/C17H20N6O3/c1-3-18-15-9-11(2)21-17(22-15)20-7-6-19-16(24)12-10-14(26-23-12)13-5-4-8-25-13/h4-5,8-10H,3,6-7H2,1-2H3,(H,19,24)(H2,18,20,21,22). The highest BCUT2D eigenvalue weighted by Crippen LogP contribution is 2.20. The molecular formula is C17H20N6O3. The third kappa shape index (κ3) is 4.38. The van der Waals surface area contributed by atoms with Gasteiger partial charge in [0.2, 0.25) is 11.7 Å². The molecule has 0 atom stereocenters. The summed E-state index contributed by atoms with van der Waals surface area (Å²) < 4.78 is 10.3. The second-order valence-corrected chi connectivity index (χ2v) is 5.48. The van der Waals surface area contributed by atoms with Crippen molar-refractivity contribution in [2.24, 2.45) is 0 Å². The van der Waals surface area contributed by atoms with Gasteiger partial charge >= 0.3 is 0 Å². The summed E-state index contributed by atoms with van der Waals surface area (Å²) in [6.07, 6.45) is 1.53. The third-order valence-electron chi connectivity index (χ3n) is 3.41. The van der Waals surface area contributed by atoms with Crippen molar-refractivity contribution < 1.29 is 13.7 Å². The van der Waals surface area contributed by atoms with Gasteiger partial charge in [-0.3, -0.25) is 4.79 Å². The maximum atomic E-state index is 12.1. The van der Waals surface area contributed by atoms with Crippen LogP contribution < -0.4 is 16.0 Å². The van der Waals surface area contributed by atoms with Gasteiger partial charge < -0.3 is 24.9 Å². The Hall–Kier alpha value is -3.36. The van der Waals surface area contributed by atoms with Crippen LogP contribution >= 0.6 is 0 Å². The number of amides is 1. The van der Waals surface area contributed by atoms with Gasteiger partial charge in [-0.25, -0.2) is 4.98 Å². The van der Waals surface area contributed by atoms with Crippen LogP contribution in [0, 0.1) is 6.92 Å². The van der Waals surface area contributed by atoms with Crippen molar-refractivity contribution in [3.8, 4) is 11.5 Å². The summed E-state index contributed by atoms with van der Waals surface area (Å²) in [6.45, 7) is 5.54. The zero-order valence-electron chi connectivity index (χ0n) is 14.6. The van der Waals surface area contributed by atoms with Crippen LogP contribution in [0.2, 0.25) is 0 Å². The Morgan fingerprint density at radius 2 is 2.04 bits per heavy atom. The molecule has 3 aromatic rings. The van der Waals surface area contributed by atoms with Gasteiger partial charge in [0.05, 0.1) is 6.26 Å². The Morgan fingerprint density at radius 3 is 2.81 bits per heavy atom. The first-order valence-corrected chi connectivity index (χ1v) is 8.28. The molecule has 0 aliphatic rings. The second kappa shape index (κ2) is 8.15. The summed E-state index contributed by atoms with van der Waals surface area (Å²) in [5, 5.41) is 12.7. The molecule has 1 amide bonds. The molecule has 3 heterocycles. The fourth-order valence-corrected chi connectivity index (χ4v) is 2.28. The molecule has 0 aliphatic heterocycles. The van der Waals surface area contributed by atoms with E-state index in [-0.39, 0.29) is 11.6 Å². The van der Waals surface area contributed by atoms with Gasteiger partial charge in [-0.05, 0) is 26.0 Å². The summed E-state index contributed by atoms with van der Waals surface area (Å²) >= 11 is 0. The largest absolute Gasteiger partial charge is 0.461 e. The van der Waals surface area contributed by atoms with Gasteiger partial charge in [0, 0.05) is 37.5 Å². The van der Waals surface area contributed by atoms with E-state index in [1.165, 1.54) is 12.3 Å². The number of rotatable bonds is 8. The smallest absolute Gasteiger partial charge is 0.273 e. The number of carbonyl (C=O) groups is 1. The van der Waals surface area contributed by atoms with Crippen LogP contribution in [0.25, 0.3) is 11.5 Å². The fourth-order valence-electron chi connectivity index (χ4n) is 2.28. The molecule has 0 spiro atoms. The van der Waals surface area contributed by atoms with Crippen LogP contribution in [0.3, 0.4) is 0 Å². The van der Waals surface area contributed by atoms with E-state index in [4.69, 9.17) is 8.94 Å². The average molecular weight is 356 g/mol. The van der Waals surface area contributed by atoms with E-state index in [1.54, 1.807) is 12.1 Å². The number of aryl methyl sites for hydroxylation is 1. The van der Waals surface area contributed by atoms with E-state index in [9.17, 15) is 4.79 Å². The number of carbonyl (C=O) groups excluding carboxylic acids is 1. The molecule has 9 nitrogen and oxygen atoms in total. The third-order valence-corrected chi connectivity index (χ3v) is 3.41. The minimum absolute atomic E-state index is 0.192. The molecule has 3 N–H and O–H groups in total. The highest BCUT2D eigenvalue weighted by atomic mass is 16.5. The first-order valence-electron chi connectivity index (χ1n) is 8.28. The quantitative estimate of drug-likeness (QED) is 0.526. The van der Waals surface area contributed by atoms with Crippen LogP contribution in [0.15, 0.2) is 39.5 Å². The van der Waals surface area contributed by atoms with Crippen molar-refractivity contribution in [2.45, 2.75) is 13.8 Å². The molecule has 3 aromatic heterocycles. The highest BCUT2D eigenvalue weighted by molar-refractivity contribution is 5.92. The monoisotopic (exact) mass is 356 g/mol. The Morgan fingerprint density at radius 1 is 1.15 bits per heavy atom. The van der Waals surface area contributed by atoms with Gasteiger partial charge in [-0.2, -0.15) is 4.98 Å². The predicted octanol–water partition coefficient (Wildman–Crippen LogP) is 2.31. The average Bonchev–Trinajstić information content (AvgIpc) is 3.29. The molecule has 0 aromatic carbocycles. The van der Waals surface area contributed by atoms with E-state index in [0.717, 1.165) is 18.1 Å². The summed E-state index contributed by atoms with van der Waals surface area (Å²) in [7, 11) is 0. The van der Waals surface area contributed by atoms with E-state index in [1.807, 2.05) is 19.9 Å². The molecule has 0 bridgehead atoms. The molecule has 26 heavy (non-hydrogen) atoms. The number of nitrogens with zero attached hydrogens (tertiary/aromatic N) is 3. The van der Waals surface area contributed by atoms with Gasteiger partial charge in [0.25, 0.3) is 5.91 Å². The Bertz CT molecular complexity index is 859. The second-order valence-electron chi connectivity index (χ2n) is 5.48. The number of furan rings is 1. The molecule has 3 rings (SSSR count). The molecule has 0 radical (unpaired) electrons. The van der Waals surface area contributed by atoms with Gasteiger partial charge in [-0.15, -0.1) is 0 Å². The first kappa shape index (κ1) is 17.5. The minimum atomic E-state index is -0.327. The topological polar surface area (TPSA) is 118 Å². The summed E-state index contributed by atoms with van der Waals surface area (Å²) in [5.74, 6) is 1.87. The van der Waals surface area contributed by atoms with Gasteiger partial charge in [0.1, 0.15) is 5.82 Å². The first-order chi connectivity index (χ1) is 12.7. The maximum absolute atomic E-state index is 12.1. The number of hydrogen-bond acceptors (Lipinski definition) is 8. The maximum Gasteiger partial charge on any atom is 0.273 e. The number of nitrogens with one attached hydrogen (secondary N) is 3. The number of anilines is 2. The highest BCUT2D eigenvalue weighted by Gasteiger charge is 2.14. The van der Waals surface area contributed by atoms with Crippen LogP contribution in [0.4, 0.5) is 11.8 Å². The van der Waals surface area contributed by atoms with Crippen LogP contribution in [-0.4, -0.2) is 40.7 Å². The van der Waals surface area contributed by atoms with E-state index in [2.05, 4.69) is 31.1 Å². The molecule has 0 fully saturated rings. The van der Waals surface area contributed by atoms with Crippen molar-refractivity contribution in [1.29, 1.82) is 0 Å². The molecule has 0 aliphatic carbocycles. The Labute approximate surface area is 150 Å². The minimum Gasteiger partial charge on any atom is -0.461 e. The van der Waals surface area contributed by atoms with E-state index < -0.39 is 0 Å². The lowest BCUT2D eigenvalue weighted by atomic mass is 10.3. The molecule has 136 valence electrons. The van der Waals surface area contributed by atoms with E-state index in [0.29, 0.717) is 30.6 Å². The fraction of sp³-hybridized carbons (Fsp3) is 0.294. The number of aromatic nitrogens is 3. The van der Waals surface area contributed by atoms with Crippen molar-refractivity contribution in [3.05, 3.63) is 41.9 Å². The lowest BCUT2D eigenvalue weighted by Gasteiger charge is -2.09. The lowest BCUT2D eigenvalue weighted by Crippen LogP contribution is -2.29. The van der Waals surface area contributed by atoms with Gasteiger partial charge in [-0.1, -0.05) is 5.16 Å². The Balaban J connectivity index is 1.48. The van der Waals surface area contributed by atoms with Crippen molar-refractivity contribution >= 4 is 17.7 Å². The summed E-state index contributed by atoms with van der Waals surface area (Å²) in [4.78, 5) is 20.8. The van der Waals surface area contributed by atoms with Crippen molar-refractivity contribution in [1.82, 2.24) is 20.4 Å². The molecule has 0 unspecified atom stereocenters. The zero-order valence-corrected chi connectivity index (χ0v) is 14.6. The van der Waals surface area contributed by atoms with Crippen molar-refractivity contribution in [3.63, 3.8) is 0 Å². The normalized spacial score (nSPS) is 10.5. The van der Waals surface area contributed by atoms with Crippen LogP contribution in [-0.2, 0) is 0 Å². The van der Waals surface area contributed by atoms with E-state index >= 15 is 0 Å². The molecule has 0 saturated heterocycles. The molecular weight excluding hydrogens is 336 g/mol. The molecule has 0 saturated carbocycles. The Kier molecular flexibility index (Phi) is 5.47. The summed E-state index contributed by atoms with van der Waals surface area (Å²) in [6, 6.07) is 6.87. The van der Waals surface area contributed by atoms with Crippen LogP contribution in [0.5, 0.6) is 0 Å². The SMILES string of the molecule is CCNc1cc(C)nc(NCCNC(=O)c2cc(-c3ccco3)on2)n1. The summed E-state index contributed by atoms with van der Waals surface area (Å²) in [5.41, 5.74) is 1.05. The van der Waals surface area contributed by atoms with Crippen LogP contribution in [0.1, 0.15) is 23.1 Å². The lowest BCUT2D eigenvalue weighted by molar-refractivity contribution is 0.0946. The van der Waals surface area contributed by atoms with Crippen molar-refractivity contribution in [2.75, 3.05) is 30.3 Å². The predicted molar refractivity (Wildman–Crippen MR) is 96.0 cm³/mol. The van der Waals surface area contributed by atoms with Gasteiger partial charge in [0.15, 0.2) is 11.5 Å².